The number of carbonyl (C=O) groups is 1. The number of aromatic amines is 1. The van der Waals surface area contributed by atoms with Crippen LogP contribution in [0.1, 0.15) is 39.2 Å². The lowest BCUT2D eigenvalue weighted by molar-refractivity contribution is 0.102. The van der Waals surface area contributed by atoms with E-state index in [4.69, 9.17) is 0 Å². The van der Waals surface area contributed by atoms with E-state index in [1.807, 2.05) is 31.2 Å². The maximum Gasteiger partial charge on any atom is 0.260 e. The topological polar surface area (TPSA) is 62.8 Å². The highest BCUT2D eigenvalue weighted by molar-refractivity contribution is 7.99. The van der Waals surface area contributed by atoms with Crippen molar-refractivity contribution in [2.75, 3.05) is 5.75 Å². The van der Waals surface area contributed by atoms with Crippen LogP contribution >= 0.6 is 23.1 Å². The Morgan fingerprint density at radius 3 is 2.80 bits per heavy atom. The summed E-state index contributed by atoms with van der Waals surface area (Å²) in [6, 6.07) is 7.54. The van der Waals surface area contributed by atoms with E-state index in [1.165, 1.54) is 28.6 Å². The number of rotatable bonds is 4. The van der Waals surface area contributed by atoms with Crippen LogP contribution in [0.2, 0.25) is 0 Å². The molecule has 4 rings (SSSR count). The number of aryl methyl sites for hydroxylation is 3. The van der Waals surface area contributed by atoms with Gasteiger partial charge in [-0.2, -0.15) is 0 Å². The minimum absolute atomic E-state index is 0.0400. The van der Waals surface area contributed by atoms with Crippen LogP contribution in [0.15, 0.2) is 34.2 Å². The molecule has 1 N–H and O–H groups in total. The molecular weight excluding hydrogens is 352 g/mol. The van der Waals surface area contributed by atoms with Crippen molar-refractivity contribution in [2.45, 2.75) is 37.8 Å². The minimum Gasteiger partial charge on any atom is -0.301 e. The van der Waals surface area contributed by atoms with Gasteiger partial charge in [-0.05, 0) is 38.2 Å². The molecular formula is C19H18N2O2S2. The Balaban J connectivity index is 1.57. The van der Waals surface area contributed by atoms with E-state index < -0.39 is 0 Å². The number of benzene rings is 1. The standard InChI is InChI=1S/C19H18N2O2S2/c1-11-6-8-12(9-7-11)14(22)10-24-19-20-17(23)16-13-4-2-3-5-15(13)25-18(16)21-19/h6-9H,2-5,10H2,1H3,(H,20,21,23). The van der Waals surface area contributed by atoms with Gasteiger partial charge >= 0.3 is 0 Å². The number of thiophene rings is 1. The van der Waals surface area contributed by atoms with E-state index in [2.05, 4.69) is 9.97 Å². The fourth-order valence-electron chi connectivity index (χ4n) is 3.17. The highest BCUT2D eigenvalue weighted by atomic mass is 32.2. The summed E-state index contributed by atoms with van der Waals surface area (Å²) >= 11 is 2.92. The van der Waals surface area contributed by atoms with Gasteiger partial charge in [-0.15, -0.1) is 11.3 Å². The third-order valence-electron chi connectivity index (χ3n) is 4.52. The van der Waals surface area contributed by atoms with E-state index in [-0.39, 0.29) is 17.1 Å². The molecule has 1 aliphatic rings. The molecule has 0 radical (unpaired) electrons. The van der Waals surface area contributed by atoms with Crippen molar-refractivity contribution in [3.63, 3.8) is 0 Å². The number of Topliss-reactive ketones (excluding diaryl/α,β-unsaturated/α-hetero) is 1. The fourth-order valence-corrected chi connectivity index (χ4v) is 5.24. The first kappa shape index (κ1) is 16.5. The highest BCUT2D eigenvalue weighted by Gasteiger charge is 2.20. The Hall–Kier alpha value is -1.92. The molecule has 6 heteroatoms. The Kier molecular flexibility index (Phi) is 4.48. The molecule has 0 aliphatic heterocycles. The van der Waals surface area contributed by atoms with E-state index in [1.54, 1.807) is 11.3 Å². The van der Waals surface area contributed by atoms with Gasteiger partial charge in [0, 0.05) is 10.4 Å². The summed E-state index contributed by atoms with van der Waals surface area (Å²) in [7, 11) is 0. The van der Waals surface area contributed by atoms with Gasteiger partial charge in [-0.1, -0.05) is 41.6 Å². The second kappa shape index (κ2) is 6.77. The van der Waals surface area contributed by atoms with E-state index in [0.717, 1.165) is 35.0 Å². The first-order valence-corrected chi connectivity index (χ1v) is 10.2. The predicted molar refractivity (Wildman–Crippen MR) is 103 cm³/mol. The second-order valence-corrected chi connectivity index (χ2v) is 8.39. The molecule has 1 aliphatic carbocycles. The lowest BCUT2D eigenvalue weighted by Gasteiger charge is -2.09. The van der Waals surface area contributed by atoms with Crippen LogP contribution in [-0.2, 0) is 12.8 Å². The molecule has 0 fully saturated rings. The number of hydrogen-bond donors (Lipinski definition) is 1. The van der Waals surface area contributed by atoms with Gasteiger partial charge in [0.25, 0.3) is 5.56 Å². The van der Waals surface area contributed by atoms with Crippen molar-refractivity contribution >= 4 is 39.1 Å². The number of nitrogens with one attached hydrogen (secondary N) is 1. The van der Waals surface area contributed by atoms with Gasteiger partial charge in [-0.25, -0.2) is 4.98 Å². The zero-order chi connectivity index (χ0) is 17.4. The van der Waals surface area contributed by atoms with Crippen molar-refractivity contribution < 1.29 is 4.79 Å². The molecule has 2 heterocycles. The quantitative estimate of drug-likeness (QED) is 0.426. The second-order valence-electron chi connectivity index (χ2n) is 6.34. The number of H-pyrrole nitrogens is 1. The summed E-state index contributed by atoms with van der Waals surface area (Å²) < 4.78 is 0. The van der Waals surface area contributed by atoms with E-state index in [0.29, 0.717) is 10.7 Å². The molecule has 0 saturated carbocycles. The Labute approximate surface area is 153 Å². The number of carbonyl (C=O) groups excluding carboxylic acids is 1. The van der Waals surface area contributed by atoms with Crippen LogP contribution in [0.4, 0.5) is 0 Å². The van der Waals surface area contributed by atoms with Crippen molar-refractivity contribution in [1.29, 1.82) is 0 Å². The zero-order valence-electron chi connectivity index (χ0n) is 13.9. The van der Waals surface area contributed by atoms with E-state index >= 15 is 0 Å². The molecule has 2 aromatic heterocycles. The maximum absolute atomic E-state index is 12.5. The van der Waals surface area contributed by atoms with Crippen molar-refractivity contribution in [2.24, 2.45) is 0 Å². The number of thioether (sulfide) groups is 1. The first-order valence-electron chi connectivity index (χ1n) is 8.39. The summed E-state index contributed by atoms with van der Waals surface area (Å²) in [5.74, 6) is 0.306. The third-order valence-corrected chi connectivity index (χ3v) is 6.58. The Bertz CT molecular complexity index is 1000. The number of fused-ring (bicyclic) bond motifs is 3. The normalized spacial score (nSPS) is 13.8. The van der Waals surface area contributed by atoms with Gasteiger partial charge in [0.1, 0.15) is 4.83 Å². The first-order chi connectivity index (χ1) is 12.1. The lowest BCUT2D eigenvalue weighted by atomic mass is 9.97. The van der Waals surface area contributed by atoms with Gasteiger partial charge in [0.2, 0.25) is 0 Å². The average molecular weight is 370 g/mol. The molecule has 1 aromatic carbocycles. The summed E-state index contributed by atoms with van der Waals surface area (Å²) in [5, 5.41) is 1.28. The van der Waals surface area contributed by atoms with Gasteiger partial charge in [0.05, 0.1) is 11.1 Å². The molecule has 0 bridgehead atoms. The number of hydrogen-bond acceptors (Lipinski definition) is 5. The van der Waals surface area contributed by atoms with Gasteiger partial charge in [-0.3, -0.25) is 9.59 Å². The maximum atomic E-state index is 12.5. The number of aromatic nitrogens is 2. The molecule has 0 unspecified atom stereocenters. The van der Waals surface area contributed by atoms with Crippen LogP contribution < -0.4 is 5.56 Å². The van der Waals surface area contributed by atoms with Crippen LogP contribution in [-0.4, -0.2) is 21.5 Å². The van der Waals surface area contributed by atoms with Crippen LogP contribution in [0.25, 0.3) is 10.2 Å². The predicted octanol–water partition coefficient (Wildman–Crippen LogP) is 4.15. The average Bonchev–Trinajstić information content (AvgIpc) is 2.99. The number of nitrogens with zero attached hydrogens (tertiary/aromatic N) is 1. The Morgan fingerprint density at radius 1 is 1.24 bits per heavy atom. The molecule has 128 valence electrons. The molecule has 25 heavy (non-hydrogen) atoms. The molecule has 4 nitrogen and oxygen atoms in total. The molecule has 3 aromatic rings. The summed E-state index contributed by atoms with van der Waals surface area (Å²) in [4.78, 5) is 34.4. The monoisotopic (exact) mass is 370 g/mol. The summed E-state index contributed by atoms with van der Waals surface area (Å²) in [5.41, 5.74) is 2.93. The highest BCUT2D eigenvalue weighted by Crippen LogP contribution is 2.34. The van der Waals surface area contributed by atoms with Crippen molar-refractivity contribution in [1.82, 2.24) is 9.97 Å². The molecule has 0 amide bonds. The molecule has 0 atom stereocenters. The number of ketones is 1. The minimum atomic E-state index is -0.0744. The van der Waals surface area contributed by atoms with Crippen molar-refractivity contribution in [3.05, 3.63) is 56.2 Å². The van der Waals surface area contributed by atoms with Crippen LogP contribution in [0.5, 0.6) is 0 Å². The zero-order valence-corrected chi connectivity index (χ0v) is 15.6. The van der Waals surface area contributed by atoms with Gasteiger partial charge in [0.15, 0.2) is 10.9 Å². The SMILES string of the molecule is Cc1ccc(C(=O)CSc2nc3sc4c(c3c(=O)[nH]2)CCCC4)cc1. The van der Waals surface area contributed by atoms with E-state index in [9.17, 15) is 9.59 Å². The van der Waals surface area contributed by atoms with Crippen molar-refractivity contribution in [3.8, 4) is 0 Å². The summed E-state index contributed by atoms with van der Waals surface area (Å²) in [6.45, 7) is 1.99. The molecule has 0 spiro atoms. The smallest absolute Gasteiger partial charge is 0.260 e. The largest absolute Gasteiger partial charge is 0.301 e. The molecule has 0 saturated heterocycles. The lowest BCUT2D eigenvalue weighted by Crippen LogP contribution is -2.11. The summed E-state index contributed by atoms with van der Waals surface area (Å²) in [6.07, 6.45) is 4.34. The Morgan fingerprint density at radius 2 is 2.00 bits per heavy atom. The third kappa shape index (κ3) is 3.28. The van der Waals surface area contributed by atoms with Gasteiger partial charge < -0.3 is 4.98 Å². The van der Waals surface area contributed by atoms with Crippen LogP contribution in [0, 0.1) is 6.92 Å². The fraction of sp³-hybridized carbons (Fsp3) is 0.316. The van der Waals surface area contributed by atoms with Crippen LogP contribution in [0.3, 0.4) is 0 Å².